The number of carbonyl (C=O) groups is 1. The summed E-state index contributed by atoms with van der Waals surface area (Å²) >= 11 is 0. The first kappa shape index (κ1) is 28.0. The Morgan fingerprint density at radius 2 is 1.30 bits per heavy atom. The number of fused-ring (bicyclic) bond motifs is 1. The SMILES string of the molecule is O=C(Nc1ncnc2c1ncn2C(CO)CCOC(c1ccccc1)(c1ccccc1)c1ccccc1)c1ccccc1. The monoisotopic (exact) mass is 569 g/mol. The van der Waals surface area contributed by atoms with Crippen LogP contribution in [0.5, 0.6) is 0 Å². The van der Waals surface area contributed by atoms with Gasteiger partial charge in [-0.1, -0.05) is 109 Å². The molecule has 2 aromatic heterocycles. The normalized spacial score (nSPS) is 12.2. The van der Waals surface area contributed by atoms with Crippen LogP contribution in [0.15, 0.2) is 134 Å². The maximum Gasteiger partial charge on any atom is 0.256 e. The molecule has 0 spiro atoms. The van der Waals surface area contributed by atoms with Gasteiger partial charge in [0.2, 0.25) is 0 Å². The Hall–Kier alpha value is -5.18. The molecule has 1 unspecified atom stereocenters. The highest BCUT2D eigenvalue weighted by Gasteiger charge is 2.37. The minimum absolute atomic E-state index is 0.153. The number of nitrogens with zero attached hydrogens (tertiary/aromatic N) is 4. The highest BCUT2D eigenvalue weighted by atomic mass is 16.5. The molecular weight excluding hydrogens is 538 g/mol. The van der Waals surface area contributed by atoms with Crippen molar-refractivity contribution < 1.29 is 14.6 Å². The van der Waals surface area contributed by atoms with E-state index in [1.807, 2.05) is 65.2 Å². The Morgan fingerprint density at radius 1 is 0.767 bits per heavy atom. The Balaban J connectivity index is 1.29. The molecule has 0 radical (unpaired) electrons. The molecular formula is C35H31N5O3. The van der Waals surface area contributed by atoms with E-state index in [1.165, 1.54) is 6.33 Å². The molecule has 6 aromatic rings. The van der Waals surface area contributed by atoms with E-state index in [-0.39, 0.29) is 18.6 Å². The van der Waals surface area contributed by atoms with Gasteiger partial charge in [-0.3, -0.25) is 4.79 Å². The van der Waals surface area contributed by atoms with Gasteiger partial charge in [-0.25, -0.2) is 15.0 Å². The van der Waals surface area contributed by atoms with Crippen molar-refractivity contribution in [2.45, 2.75) is 18.1 Å². The van der Waals surface area contributed by atoms with Crippen molar-refractivity contribution in [2.75, 3.05) is 18.5 Å². The van der Waals surface area contributed by atoms with E-state index < -0.39 is 5.60 Å². The number of aliphatic hydroxyl groups excluding tert-OH is 1. The van der Waals surface area contributed by atoms with Gasteiger partial charge in [-0.2, -0.15) is 0 Å². The summed E-state index contributed by atoms with van der Waals surface area (Å²) in [5.74, 6) is 0.0168. The number of benzene rings is 4. The van der Waals surface area contributed by atoms with E-state index in [0.717, 1.165) is 16.7 Å². The number of nitrogens with one attached hydrogen (secondary N) is 1. The highest BCUT2D eigenvalue weighted by molar-refractivity contribution is 6.06. The van der Waals surface area contributed by atoms with Gasteiger partial charge < -0.3 is 19.7 Å². The molecule has 0 aliphatic rings. The van der Waals surface area contributed by atoms with Crippen molar-refractivity contribution in [3.05, 3.63) is 156 Å². The minimum Gasteiger partial charge on any atom is -0.394 e. The van der Waals surface area contributed by atoms with Crippen LogP contribution in [0.2, 0.25) is 0 Å². The Kier molecular flexibility index (Phi) is 8.31. The summed E-state index contributed by atoms with van der Waals surface area (Å²) in [6.07, 6.45) is 3.49. The molecule has 0 bridgehead atoms. The number of rotatable bonds is 11. The summed E-state index contributed by atoms with van der Waals surface area (Å²) < 4.78 is 8.73. The lowest BCUT2D eigenvalue weighted by molar-refractivity contribution is 0.00338. The van der Waals surface area contributed by atoms with Gasteiger partial charge in [0.15, 0.2) is 17.0 Å². The van der Waals surface area contributed by atoms with Crippen molar-refractivity contribution in [2.24, 2.45) is 0 Å². The lowest BCUT2D eigenvalue weighted by atomic mass is 9.80. The third-order valence-electron chi connectivity index (χ3n) is 7.54. The van der Waals surface area contributed by atoms with E-state index >= 15 is 0 Å². The van der Waals surface area contributed by atoms with Crippen LogP contribution >= 0.6 is 0 Å². The first-order valence-corrected chi connectivity index (χ1v) is 14.2. The molecule has 4 aromatic carbocycles. The van der Waals surface area contributed by atoms with E-state index in [9.17, 15) is 9.90 Å². The number of anilines is 1. The standard InChI is InChI=1S/C35H31N5O3/c41-23-30(40-25-38-31-32(36-24-37-33(31)40)39-34(42)26-13-5-1-6-14-26)21-22-43-35(27-15-7-2-8-16-27,28-17-9-3-10-18-28)29-19-11-4-12-20-29/h1-20,24-25,30,41H,21-23H2,(H,36,37,39,42). The third-order valence-corrected chi connectivity index (χ3v) is 7.54. The lowest BCUT2D eigenvalue weighted by Crippen LogP contribution is -2.34. The molecule has 0 aliphatic carbocycles. The second-order valence-corrected chi connectivity index (χ2v) is 10.1. The molecule has 0 fully saturated rings. The van der Waals surface area contributed by atoms with Crippen molar-refractivity contribution in [3.63, 3.8) is 0 Å². The minimum atomic E-state index is -0.863. The van der Waals surface area contributed by atoms with Gasteiger partial charge in [0.1, 0.15) is 11.9 Å². The van der Waals surface area contributed by atoms with Gasteiger partial charge in [-0.15, -0.1) is 0 Å². The zero-order valence-corrected chi connectivity index (χ0v) is 23.5. The molecule has 6 rings (SSSR count). The van der Waals surface area contributed by atoms with Gasteiger partial charge in [0.25, 0.3) is 5.91 Å². The van der Waals surface area contributed by atoms with Gasteiger partial charge in [0.05, 0.1) is 25.6 Å². The number of amides is 1. The first-order chi connectivity index (χ1) is 21.2. The molecule has 0 saturated carbocycles. The molecule has 214 valence electrons. The van der Waals surface area contributed by atoms with Gasteiger partial charge in [-0.05, 0) is 35.2 Å². The Morgan fingerprint density at radius 3 is 1.84 bits per heavy atom. The van der Waals surface area contributed by atoms with Crippen LogP contribution in [0.3, 0.4) is 0 Å². The predicted molar refractivity (Wildman–Crippen MR) is 166 cm³/mol. The number of carbonyl (C=O) groups excluding carboxylic acids is 1. The van der Waals surface area contributed by atoms with Gasteiger partial charge in [0, 0.05) is 5.56 Å². The maximum absolute atomic E-state index is 12.8. The number of aromatic nitrogens is 4. The van der Waals surface area contributed by atoms with E-state index in [4.69, 9.17) is 4.74 Å². The summed E-state index contributed by atoms with van der Waals surface area (Å²) in [6.45, 7) is 0.172. The lowest BCUT2D eigenvalue weighted by Gasteiger charge is -2.36. The maximum atomic E-state index is 12.8. The molecule has 8 nitrogen and oxygen atoms in total. The third kappa shape index (κ3) is 5.66. The van der Waals surface area contributed by atoms with Crippen LogP contribution in [0.4, 0.5) is 5.82 Å². The van der Waals surface area contributed by atoms with Crippen LogP contribution < -0.4 is 5.32 Å². The molecule has 2 heterocycles. The van der Waals surface area contributed by atoms with Crippen LogP contribution in [-0.4, -0.2) is 43.7 Å². The molecule has 8 heteroatoms. The molecule has 1 atom stereocenters. The van der Waals surface area contributed by atoms with Crippen LogP contribution in [0, 0.1) is 0 Å². The number of imidazole rings is 1. The summed E-state index contributed by atoms with van der Waals surface area (Å²) in [4.78, 5) is 26.0. The van der Waals surface area contributed by atoms with Gasteiger partial charge >= 0.3 is 0 Å². The first-order valence-electron chi connectivity index (χ1n) is 14.2. The fraction of sp³-hybridized carbons (Fsp3) is 0.143. The Bertz CT molecular complexity index is 1680. The number of hydrogen-bond acceptors (Lipinski definition) is 6. The van der Waals surface area contributed by atoms with Crippen molar-refractivity contribution >= 4 is 22.9 Å². The molecule has 2 N–H and O–H groups in total. The van der Waals surface area contributed by atoms with Crippen LogP contribution in [0.25, 0.3) is 11.2 Å². The van der Waals surface area contributed by atoms with Crippen LogP contribution in [0.1, 0.15) is 39.5 Å². The number of ether oxygens (including phenoxy) is 1. The number of aliphatic hydroxyl groups is 1. The summed E-state index contributed by atoms with van der Waals surface area (Å²) in [5, 5.41) is 13.3. The fourth-order valence-electron chi connectivity index (χ4n) is 5.41. The van der Waals surface area contributed by atoms with Crippen molar-refractivity contribution in [3.8, 4) is 0 Å². The average molecular weight is 570 g/mol. The molecule has 0 aliphatic heterocycles. The molecule has 0 saturated heterocycles. The highest BCUT2D eigenvalue weighted by Crippen LogP contribution is 2.40. The summed E-state index contributed by atoms with van der Waals surface area (Å²) in [7, 11) is 0. The zero-order valence-electron chi connectivity index (χ0n) is 23.5. The fourth-order valence-corrected chi connectivity index (χ4v) is 5.41. The predicted octanol–water partition coefficient (Wildman–Crippen LogP) is 6.01. The van der Waals surface area contributed by atoms with E-state index in [0.29, 0.717) is 35.6 Å². The quantitative estimate of drug-likeness (QED) is 0.185. The molecule has 1 amide bonds. The van der Waals surface area contributed by atoms with Crippen LogP contribution in [-0.2, 0) is 10.3 Å². The van der Waals surface area contributed by atoms with Crippen molar-refractivity contribution in [1.29, 1.82) is 0 Å². The largest absolute Gasteiger partial charge is 0.394 e. The van der Waals surface area contributed by atoms with Crippen molar-refractivity contribution in [1.82, 2.24) is 19.5 Å². The van der Waals surface area contributed by atoms with E-state index in [2.05, 4.69) is 56.7 Å². The second kappa shape index (κ2) is 12.8. The second-order valence-electron chi connectivity index (χ2n) is 10.1. The summed E-state index contributed by atoms with van der Waals surface area (Å²) in [5.41, 5.74) is 3.62. The average Bonchev–Trinajstić information content (AvgIpc) is 3.52. The topological polar surface area (TPSA) is 102 Å². The van der Waals surface area contributed by atoms with E-state index in [1.54, 1.807) is 30.6 Å². The summed E-state index contributed by atoms with van der Waals surface area (Å²) in [6, 6.07) is 39.1. The molecule has 43 heavy (non-hydrogen) atoms. The smallest absolute Gasteiger partial charge is 0.256 e. The Labute approximate surface area is 249 Å². The zero-order chi connectivity index (χ0) is 29.5. The number of hydrogen-bond donors (Lipinski definition) is 2.